The van der Waals surface area contributed by atoms with Gasteiger partial charge in [-0.3, -0.25) is 0 Å². The van der Waals surface area contributed by atoms with E-state index < -0.39 is 37.1 Å². The topological polar surface area (TPSA) is 70.6 Å². The molecule has 0 fully saturated rings. The lowest BCUT2D eigenvalue weighted by Gasteiger charge is -2.39. The van der Waals surface area contributed by atoms with Crippen LogP contribution in [0.1, 0.15) is 29.2 Å². The summed E-state index contributed by atoms with van der Waals surface area (Å²) in [6.07, 6.45) is 0.600. The fraction of sp³-hybridized carbons (Fsp3) is 0.381. The molecule has 5 nitrogen and oxygen atoms in total. The van der Waals surface area contributed by atoms with Crippen molar-refractivity contribution in [3.05, 3.63) is 59.2 Å². The van der Waals surface area contributed by atoms with E-state index >= 15 is 0 Å². The Bertz CT molecular complexity index is 886. The van der Waals surface area contributed by atoms with Crippen LogP contribution in [0.3, 0.4) is 0 Å². The van der Waals surface area contributed by atoms with E-state index in [1.165, 1.54) is 0 Å². The number of rotatable bonds is 4. The third-order valence-electron chi connectivity index (χ3n) is 5.41. The normalized spacial score (nSPS) is 22.0. The van der Waals surface area contributed by atoms with Gasteiger partial charge in [0.2, 0.25) is 0 Å². The first-order valence-corrected chi connectivity index (χ1v) is 9.30. The molecule has 0 spiro atoms. The summed E-state index contributed by atoms with van der Waals surface area (Å²) in [6, 6.07) is 11.4. The number of carbonyl (C=O) groups is 1. The van der Waals surface area contributed by atoms with Gasteiger partial charge in [0.05, 0.1) is 12.1 Å². The molecule has 0 aromatic heterocycles. The maximum atomic E-state index is 13.6. The number of hydrogen-bond acceptors (Lipinski definition) is 3. The van der Waals surface area contributed by atoms with Crippen LogP contribution in [0.25, 0.3) is 0 Å². The number of ether oxygens (including phenoxy) is 1. The summed E-state index contributed by atoms with van der Waals surface area (Å²) >= 11 is 0. The number of amides is 2. The fourth-order valence-electron chi connectivity index (χ4n) is 4.01. The molecule has 4 rings (SSSR count). The van der Waals surface area contributed by atoms with Crippen molar-refractivity contribution in [3.8, 4) is 5.75 Å². The smallest absolute Gasteiger partial charge is 0.319 e. The summed E-state index contributed by atoms with van der Waals surface area (Å²) in [7, 11) is 0. The van der Waals surface area contributed by atoms with Crippen molar-refractivity contribution in [1.29, 1.82) is 0 Å². The zero-order valence-electron chi connectivity index (χ0n) is 15.3. The van der Waals surface area contributed by atoms with Crippen LogP contribution in [0.15, 0.2) is 42.5 Å². The molecule has 2 amide bonds. The molecule has 2 atom stereocenters. The van der Waals surface area contributed by atoms with E-state index in [1.807, 2.05) is 12.1 Å². The van der Waals surface area contributed by atoms with Crippen LogP contribution >= 0.6 is 0 Å². The molecule has 7 heteroatoms. The van der Waals surface area contributed by atoms with Crippen LogP contribution in [-0.2, 0) is 12.8 Å². The molecule has 3 N–H and O–H groups in total. The van der Waals surface area contributed by atoms with E-state index in [4.69, 9.17) is 4.74 Å². The average molecular weight is 388 g/mol. The van der Waals surface area contributed by atoms with Crippen LogP contribution in [0.2, 0.25) is 0 Å². The number of nitrogens with one attached hydrogen (secondary N) is 2. The molecule has 0 saturated carbocycles. The Hall–Kier alpha value is -2.67. The molecule has 1 heterocycles. The van der Waals surface area contributed by atoms with Crippen molar-refractivity contribution < 1.29 is 23.4 Å². The number of halogens is 2. The Morgan fingerprint density at radius 2 is 1.93 bits per heavy atom. The Morgan fingerprint density at radius 3 is 2.71 bits per heavy atom. The number of carbonyl (C=O) groups excluding carboxylic acids is 1. The molecule has 28 heavy (non-hydrogen) atoms. The number of hydrogen-bond donors (Lipinski definition) is 3. The lowest BCUT2D eigenvalue weighted by Crippen LogP contribution is -2.49. The van der Waals surface area contributed by atoms with E-state index in [9.17, 15) is 18.7 Å². The number of aliphatic hydroxyl groups excluding tert-OH is 1. The van der Waals surface area contributed by atoms with Gasteiger partial charge in [-0.25, -0.2) is 13.6 Å². The minimum Gasteiger partial charge on any atom is -0.481 e. The summed E-state index contributed by atoms with van der Waals surface area (Å²) in [5.41, 5.74) is 1.65. The first kappa shape index (κ1) is 18.7. The first-order chi connectivity index (χ1) is 13.5. The average Bonchev–Trinajstić information content (AvgIpc) is 3.09. The molecule has 0 radical (unpaired) electrons. The fourth-order valence-corrected chi connectivity index (χ4v) is 4.01. The van der Waals surface area contributed by atoms with E-state index in [0.717, 1.165) is 11.1 Å². The highest BCUT2D eigenvalue weighted by molar-refractivity contribution is 5.90. The monoisotopic (exact) mass is 388 g/mol. The van der Waals surface area contributed by atoms with E-state index in [-0.39, 0.29) is 6.42 Å². The largest absolute Gasteiger partial charge is 0.481 e. The SMILES string of the molecule is O=C(Nc1cccc2c1C[C@H](O)C2)N[C@@H]1CC(CF)(CF)Oc2ccccc21. The number of aliphatic hydroxyl groups is 1. The second-order valence-corrected chi connectivity index (χ2v) is 7.45. The van der Waals surface area contributed by atoms with Crippen molar-refractivity contribution in [2.45, 2.75) is 37.0 Å². The summed E-state index contributed by atoms with van der Waals surface area (Å²) in [6.45, 7) is -1.97. The van der Waals surface area contributed by atoms with Crippen molar-refractivity contribution in [2.24, 2.45) is 0 Å². The second kappa shape index (κ2) is 7.39. The zero-order valence-corrected chi connectivity index (χ0v) is 15.3. The quantitative estimate of drug-likeness (QED) is 0.751. The molecule has 2 aromatic carbocycles. The third kappa shape index (κ3) is 3.42. The number of fused-ring (bicyclic) bond motifs is 2. The predicted octanol–water partition coefficient (Wildman–Crippen LogP) is 3.47. The first-order valence-electron chi connectivity index (χ1n) is 9.30. The van der Waals surface area contributed by atoms with Crippen molar-refractivity contribution in [3.63, 3.8) is 0 Å². The summed E-state index contributed by atoms with van der Waals surface area (Å²) in [4.78, 5) is 12.6. The minimum absolute atomic E-state index is 0.00392. The molecule has 2 aliphatic rings. The highest BCUT2D eigenvalue weighted by Gasteiger charge is 2.42. The van der Waals surface area contributed by atoms with Crippen LogP contribution in [0.5, 0.6) is 5.75 Å². The van der Waals surface area contributed by atoms with E-state index in [2.05, 4.69) is 10.6 Å². The van der Waals surface area contributed by atoms with E-state index in [0.29, 0.717) is 29.8 Å². The Balaban J connectivity index is 1.54. The van der Waals surface area contributed by atoms with Gasteiger partial charge in [-0.15, -0.1) is 0 Å². The van der Waals surface area contributed by atoms with Crippen molar-refractivity contribution in [1.82, 2.24) is 5.32 Å². The maximum absolute atomic E-state index is 13.6. The van der Waals surface area contributed by atoms with Gasteiger partial charge in [-0.05, 0) is 29.7 Å². The number of para-hydroxylation sites is 1. The molecule has 2 aromatic rings. The summed E-state index contributed by atoms with van der Waals surface area (Å²) in [5, 5.41) is 15.5. The number of alkyl halides is 2. The Kier molecular flexibility index (Phi) is 4.93. The number of benzene rings is 2. The molecule has 0 saturated heterocycles. The molecule has 0 unspecified atom stereocenters. The Labute approximate surface area is 161 Å². The van der Waals surface area contributed by atoms with Gasteiger partial charge in [-0.2, -0.15) is 0 Å². The molecule has 1 aliphatic heterocycles. The molecular formula is C21H22F2N2O3. The molecule has 1 aliphatic carbocycles. The summed E-state index contributed by atoms with van der Waals surface area (Å²) < 4.78 is 32.7. The van der Waals surface area contributed by atoms with Crippen molar-refractivity contribution in [2.75, 3.05) is 18.7 Å². The summed E-state index contributed by atoms with van der Waals surface area (Å²) in [5.74, 6) is 0.373. The Morgan fingerprint density at radius 1 is 1.14 bits per heavy atom. The lowest BCUT2D eigenvalue weighted by molar-refractivity contribution is -0.0105. The lowest BCUT2D eigenvalue weighted by atomic mass is 9.88. The van der Waals surface area contributed by atoms with Crippen LogP contribution in [-0.4, -0.2) is 36.2 Å². The van der Waals surface area contributed by atoms with Gasteiger partial charge in [0.15, 0.2) is 5.60 Å². The zero-order chi connectivity index (χ0) is 19.7. The van der Waals surface area contributed by atoms with Gasteiger partial charge in [0, 0.05) is 24.1 Å². The second-order valence-electron chi connectivity index (χ2n) is 7.45. The van der Waals surface area contributed by atoms with Crippen molar-refractivity contribution >= 4 is 11.7 Å². The van der Waals surface area contributed by atoms with Crippen LogP contribution < -0.4 is 15.4 Å². The van der Waals surface area contributed by atoms with Gasteiger partial charge >= 0.3 is 6.03 Å². The van der Waals surface area contributed by atoms with Gasteiger partial charge in [-0.1, -0.05) is 30.3 Å². The predicted molar refractivity (Wildman–Crippen MR) is 101 cm³/mol. The molecular weight excluding hydrogens is 366 g/mol. The van der Waals surface area contributed by atoms with Crippen LogP contribution in [0, 0.1) is 0 Å². The highest BCUT2D eigenvalue weighted by Crippen LogP contribution is 2.40. The molecule has 0 bridgehead atoms. The van der Waals surface area contributed by atoms with Gasteiger partial charge in [0.25, 0.3) is 0 Å². The maximum Gasteiger partial charge on any atom is 0.319 e. The molecule has 148 valence electrons. The number of anilines is 1. The van der Waals surface area contributed by atoms with Gasteiger partial charge < -0.3 is 20.5 Å². The highest BCUT2D eigenvalue weighted by atomic mass is 19.1. The van der Waals surface area contributed by atoms with Gasteiger partial charge in [0.1, 0.15) is 19.1 Å². The van der Waals surface area contributed by atoms with Crippen LogP contribution in [0.4, 0.5) is 19.3 Å². The van der Waals surface area contributed by atoms with E-state index in [1.54, 1.807) is 30.3 Å². The standard InChI is InChI=1S/C21H22F2N2O3/c22-11-21(12-23)10-18(15-5-1-2-7-19(15)28-21)25-20(27)24-17-6-3-4-13-8-14(26)9-16(13)17/h1-7,14,18,26H,8-12H2,(H2,24,25,27)/t14-,18-/m1/s1. The number of urea groups is 1. The minimum atomic E-state index is -1.59. The third-order valence-corrected chi connectivity index (χ3v) is 5.41.